The molecule has 0 aromatic heterocycles. The molecule has 0 aliphatic carbocycles. The number of carbonyl (C=O) groups is 1. The zero-order valence-corrected chi connectivity index (χ0v) is 16.3. The Hall–Kier alpha value is -3.86. The molecule has 150 valence electrons. The van der Waals surface area contributed by atoms with Gasteiger partial charge in [-0.25, -0.2) is 0 Å². The molecule has 2 rings (SSSR count). The van der Waals surface area contributed by atoms with Crippen molar-refractivity contribution in [3.05, 3.63) is 69.9 Å². The fraction of sp³-hybridized carbons (Fsp3) is 0.238. The maximum atomic E-state index is 12.4. The number of nitrogens with one attached hydrogen (secondary N) is 2. The molecule has 29 heavy (non-hydrogen) atoms. The Morgan fingerprint density at radius 2 is 2.00 bits per heavy atom. The topological polar surface area (TPSA) is 117 Å². The Labute approximate surface area is 169 Å². The van der Waals surface area contributed by atoms with E-state index >= 15 is 0 Å². The third-order valence-electron chi connectivity index (χ3n) is 4.16. The number of benzene rings is 2. The van der Waals surface area contributed by atoms with Crippen molar-refractivity contribution < 1.29 is 14.5 Å². The molecule has 0 bridgehead atoms. The van der Waals surface area contributed by atoms with Gasteiger partial charge in [0.25, 0.3) is 11.6 Å². The van der Waals surface area contributed by atoms with E-state index in [1.165, 1.54) is 37.1 Å². The van der Waals surface area contributed by atoms with Gasteiger partial charge in [-0.1, -0.05) is 25.5 Å². The maximum Gasteiger partial charge on any atom is 0.273 e. The van der Waals surface area contributed by atoms with Gasteiger partial charge in [-0.05, 0) is 36.6 Å². The van der Waals surface area contributed by atoms with Crippen molar-refractivity contribution in [2.45, 2.75) is 26.2 Å². The minimum atomic E-state index is -0.567. The number of rotatable bonds is 9. The van der Waals surface area contributed by atoms with Gasteiger partial charge in [-0.3, -0.25) is 14.9 Å². The molecule has 2 aromatic rings. The van der Waals surface area contributed by atoms with Crippen LogP contribution in [-0.2, 0) is 11.2 Å². The molecular weight excluding hydrogens is 372 g/mol. The Morgan fingerprint density at radius 1 is 1.28 bits per heavy atom. The van der Waals surface area contributed by atoms with E-state index in [1.807, 2.05) is 18.2 Å². The number of nitriles is 1. The first-order chi connectivity index (χ1) is 14.0. The fourth-order valence-corrected chi connectivity index (χ4v) is 2.55. The summed E-state index contributed by atoms with van der Waals surface area (Å²) < 4.78 is 5.12. The van der Waals surface area contributed by atoms with Crippen LogP contribution in [0.1, 0.15) is 25.3 Å². The van der Waals surface area contributed by atoms with E-state index < -0.39 is 10.8 Å². The highest BCUT2D eigenvalue weighted by Crippen LogP contribution is 2.29. The Bertz CT molecular complexity index is 946. The molecule has 0 unspecified atom stereocenters. The molecule has 8 heteroatoms. The first kappa shape index (κ1) is 21.4. The van der Waals surface area contributed by atoms with Gasteiger partial charge in [0.2, 0.25) is 0 Å². The Kier molecular flexibility index (Phi) is 7.74. The summed E-state index contributed by atoms with van der Waals surface area (Å²) in [4.78, 5) is 22.7. The fourth-order valence-electron chi connectivity index (χ4n) is 2.55. The minimum Gasteiger partial charge on any atom is -0.494 e. The number of hydrogen-bond acceptors (Lipinski definition) is 6. The number of anilines is 2. The van der Waals surface area contributed by atoms with Crippen LogP contribution in [0.25, 0.3) is 0 Å². The molecule has 8 nitrogen and oxygen atoms in total. The zero-order valence-electron chi connectivity index (χ0n) is 16.3. The van der Waals surface area contributed by atoms with Crippen LogP contribution in [0.3, 0.4) is 0 Å². The minimum absolute atomic E-state index is 0.128. The second-order valence-corrected chi connectivity index (χ2v) is 6.21. The lowest BCUT2D eigenvalue weighted by Crippen LogP contribution is -2.14. The average Bonchev–Trinajstić information content (AvgIpc) is 2.73. The molecule has 0 radical (unpaired) electrons. The largest absolute Gasteiger partial charge is 0.494 e. The van der Waals surface area contributed by atoms with Gasteiger partial charge >= 0.3 is 0 Å². The second-order valence-electron chi connectivity index (χ2n) is 6.21. The monoisotopic (exact) mass is 394 g/mol. The van der Waals surface area contributed by atoms with Crippen LogP contribution in [0.5, 0.6) is 5.75 Å². The van der Waals surface area contributed by atoms with Crippen LogP contribution in [0.4, 0.5) is 17.1 Å². The smallest absolute Gasteiger partial charge is 0.273 e. The third-order valence-corrected chi connectivity index (χ3v) is 4.16. The highest BCUT2D eigenvalue weighted by Gasteiger charge is 2.13. The summed E-state index contributed by atoms with van der Waals surface area (Å²) in [5, 5.41) is 25.6. The SMILES string of the molecule is CCCCc1ccc(NC(=O)/C(C#N)=C\Nc2ccc([N+](=O)[O-])cc2OC)cc1. The number of hydrogen-bond donors (Lipinski definition) is 2. The van der Waals surface area contributed by atoms with Gasteiger partial charge in [-0.2, -0.15) is 5.26 Å². The van der Waals surface area contributed by atoms with Crippen LogP contribution < -0.4 is 15.4 Å². The van der Waals surface area contributed by atoms with Gasteiger partial charge in [-0.15, -0.1) is 0 Å². The van der Waals surface area contributed by atoms with Crippen LogP contribution in [0.15, 0.2) is 54.2 Å². The number of methoxy groups -OCH3 is 1. The van der Waals surface area contributed by atoms with Gasteiger partial charge in [0.1, 0.15) is 17.4 Å². The molecule has 0 aliphatic rings. The summed E-state index contributed by atoms with van der Waals surface area (Å²) >= 11 is 0. The van der Waals surface area contributed by atoms with Gasteiger partial charge < -0.3 is 15.4 Å². The number of non-ortho nitro benzene ring substituents is 1. The van der Waals surface area contributed by atoms with Crippen LogP contribution in [-0.4, -0.2) is 17.9 Å². The number of unbranched alkanes of at least 4 members (excludes halogenated alkanes) is 1. The van der Waals surface area contributed by atoms with E-state index in [4.69, 9.17) is 4.74 Å². The van der Waals surface area contributed by atoms with Crippen molar-refractivity contribution in [3.8, 4) is 11.8 Å². The second kappa shape index (κ2) is 10.5. The van der Waals surface area contributed by atoms with Crippen molar-refractivity contribution >= 4 is 23.0 Å². The van der Waals surface area contributed by atoms with E-state index in [2.05, 4.69) is 17.6 Å². The number of nitrogens with zero attached hydrogens (tertiary/aromatic N) is 2. The van der Waals surface area contributed by atoms with Gasteiger partial charge in [0.05, 0.1) is 23.8 Å². The molecule has 0 spiro atoms. The van der Waals surface area contributed by atoms with E-state index in [1.54, 1.807) is 12.1 Å². The average molecular weight is 394 g/mol. The Balaban J connectivity index is 2.08. The first-order valence-electron chi connectivity index (χ1n) is 9.08. The maximum absolute atomic E-state index is 12.4. The van der Waals surface area contributed by atoms with Crippen LogP contribution in [0.2, 0.25) is 0 Å². The molecule has 2 N–H and O–H groups in total. The predicted octanol–water partition coefficient (Wildman–Crippen LogP) is 4.40. The van der Waals surface area contributed by atoms with E-state index in [9.17, 15) is 20.2 Å². The number of ether oxygens (including phenoxy) is 1. The molecule has 0 saturated carbocycles. The highest BCUT2D eigenvalue weighted by molar-refractivity contribution is 6.06. The molecule has 0 aliphatic heterocycles. The number of carbonyl (C=O) groups excluding carboxylic acids is 1. The van der Waals surface area contributed by atoms with E-state index in [0.29, 0.717) is 11.4 Å². The molecule has 0 saturated heterocycles. The number of aryl methyl sites for hydroxylation is 1. The lowest BCUT2D eigenvalue weighted by Gasteiger charge is -2.09. The molecular formula is C21H22N4O4. The Morgan fingerprint density at radius 3 is 2.59 bits per heavy atom. The third kappa shape index (κ3) is 6.07. The van der Waals surface area contributed by atoms with Crippen LogP contribution in [0, 0.1) is 21.4 Å². The zero-order chi connectivity index (χ0) is 21.2. The van der Waals surface area contributed by atoms with Crippen molar-refractivity contribution in [2.24, 2.45) is 0 Å². The van der Waals surface area contributed by atoms with Gasteiger partial charge in [0, 0.05) is 18.0 Å². The van der Waals surface area contributed by atoms with Gasteiger partial charge in [0.15, 0.2) is 0 Å². The van der Waals surface area contributed by atoms with Crippen molar-refractivity contribution in [1.29, 1.82) is 5.26 Å². The van der Waals surface area contributed by atoms with E-state index in [0.717, 1.165) is 19.3 Å². The molecule has 1 amide bonds. The first-order valence-corrected chi connectivity index (χ1v) is 9.08. The summed E-state index contributed by atoms with van der Waals surface area (Å²) in [5.74, 6) is -0.349. The van der Waals surface area contributed by atoms with Crippen molar-refractivity contribution in [1.82, 2.24) is 0 Å². The lowest BCUT2D eigenvalue weighted by atomic mass is 10.1. The highest BCUT2D eigenvalue weighted by atomic mass is 16.6. The van der Waals surface area contributed by atoms with Crippen molar-refractivity contribution in [2.75, 3.05) is 17.7 Å². The predicted molar refractivity (Wildman–Crippen MR) is 111 cm³/mol. The summed E-state index contributed by atoms with van der Waals surface area (Å²) in [6.45, 7) is 2.13. The summed E-state index contributed by atoms with van der Waals surface area (Å²) in [6.07, 6.45) is 4.43. The molecule has 0 atom stereocenters. The molecule has 2 aromatic carbocycles. The summed E-state index contributed by atoms with van der Waals surface area (Å²) in [6, 6.07) is 13.3. The van der Waals surface area contributed by atoms with Crippen LogP contribution >= 0.6 is 0 Å². The summed E-state index contributed by atoms with van der Waals surface area (Å²) in [5.41, 5.74) is 1.88. The lowest BCUT2D eigenvalue weighted by molar-refractivity contribution is -0.384. The number of nitro benzene ring substituents is 1. The molecule has 0 fully saturated rings. The van der Waals surface area contributed by atoms with E-state index in [-0.39, 0.29) is 17.0 Å². The normalized spacial score (nSPS) is 10.7. The molecule has 0 heterocycles. The van der Waals surface area contributed by atoms with Crippen molar-refractivity contribution in [3.63, 3.8) is 0 Å². The summed E-state index contributed by atoms with van der Waals surface area (Å²) in [7, 11) is 1.37. The number of amides is 1. The standard InChI is InChI=1S/C21H22N4O4/c1-3-4-5-15-6-8-17(9-7-15)24-21(26)16(13-22)14-23-19-11-10-18(25(27)28)12-20(19)29-2/h6-12,14,23H,3-5H2,1-2H3,(H,24,26)/b16-14-. The quantitative estimate of drug-likeness (QED) is 0.282. The number of nitro groups is 1.